The van der Waals surface area contributed by atoms with E-state index in [4.69, 9.17) is 0 Å². The number of ketones is 1. The maximum absolute atomic E-state index is 13.3. The van der Waals surface area contributed by atoms with Gasteiger partial charge in [0.05, 0.1) is 17.8 Å². The van der Waals surface area contributed by atoms with Gasteiger partial charge in [-0.05, 0) is 19.4 Å². The number of carbonyl (C=O) groups excluding carboxylic acids is 1. The van der Waals surface area contributed by atoms with Crippen LogP contribution in [0, 0.1) is 6.92 Å². The number of aromatic nitrogens is 2. The fraction of sp³-hybridized carbons (Fsp3) is 0.136. The highest BCUT2D eigenvalue weighted by atomic mass is 32.1. The number of Topliss-reactive ketones (excluding diaryl/α,β-unsaturated/α-hetero) is 1. The summed E-state index contributed by atoms with van der Waals surface area (Å²) in [4.78, 5) is 32.3. The normalized spacial score (nSPS) is 12.2. The first-order valence-electron chi connectivity index (χ1n) is 8.73. The van der Waals surface area contributed by atoms with Crippen molar-refractivity contribution in [1.82, 2.24) is 9.55 Å². The number of hydrogen-bond donors (Lipinski definition) is 0. The lowest BCUT2D eigenvalue weighted by molar-refractivity contribution is 0.0932. The molecule has 0 aliphatic carbocycles. The number of hydrogen-bond acceptors (Lipinski definition) is 4. The molecule has 0 amide bonds. The summed E-state index contributed by atoms with van der Waals surface area (Å²) in [7, 11) is 0. The molecule has 4 rings (SSSR count). The minimum atomic E-state index is -0.624. The predicted octanol–water partition coefficient (Wildman–Crippen LogP) is 4.88. The summed E-state index contributed by atoms with van der Waals surface area (Å²) < 4.78 is 1.44. The van der Waals surface area contributed by atoms with Crippen molar-refractivity contribution in [1.29, 1.82) is 0 Å². The summed E-state index contributed by atoms with van der Waals surface area (Å²) in [6, 6.07) is 18.2. The first-order valence-corrected chi connectivity index (χ1v) is 9.54. The first-order chi connectivity index (χ1) is 13.1. The Kier molecular flexibility index (Phi) is 4.46. The monoisotopic (exact) mass is 374 g/mol. The van der Waals surface area contributed by atoms with E-state index in [1.807, 2.05) is 55.5 Å². The molecule has 0 radical (unpaired) electrons. The fourth-order valence-corrected chi connectivity index (χ4v) is 4.32. The van der Waals surface area contributed by atoms with Gasteiger partial charge in [0.2, 0.25) is 0 Å². The van der Waals surface area contributed by atoms with Crippen molar-refractivity contribution in [2.75, 3.05) is 0 Å². The van der Waals surface area contributed by atoms with E-state index >= 15 is 0 Å². The van der Waals surface area contributed by atoms with E-state index in [1.165, 1.54) is 22.2 Å². The Hall–Kier alpha value is -3.05. The van der Waals surface area contributed by atoms with Crippen LogP contribution in [-0.2, 0) is 0 Å². The van der Waals surface area contributed by atoms with Crippen LogP contribution in [0.1, 0.15) is 28.2 Å². The lowest BCUT2D eigenvalue weighted by Gasteiger charge is -2.14. The van der Waals surface area contributed by atoms with Gasteiger partial charge in [-0.3, -0.25) is 14.2 Å². The molecule has 0 saturated carbocycles. The molecule has 2 aromatic heterocycles. The van der Waals surface area contributed by atoms with E-state index < -0.39 is 6.04 Å². The van der Waals surface area contributed by atoms with Gasteiger partial charge in [0.1, 0.15) is 4.83 Å². The van der Waals surface area contributed by atoms with Crippen LogP contribution in [0.15, 0.2) is 71.8 Å². The van der Waals surface area contributed by atoms with E-state index in [0.717, 1.165) is 16.0 Å². The quantitative estimate of drug-likeness (QED) is 0.479. The fourth-order valence-electron chi connectivity index (χ4n) is 3.31. The smallest absolute Gasteiger partial charge is 0.263 e. The average Bonchev–Trinajstić information content (AvgIpc) is 3.05. The van der Waals surface area contributed by atoms with Gasteiger partial charge >= 0.3 is 0 Å². The Labute approximate surface area is 160 Å². The molecule has 4 aromatic rings. The van der Waals surface area contributed by atoms with Gasteiger partial charge in [-0.15, -0.1) is 11.3 Å². The van der Waals surface area contributed by atoms with Gasteiger partial charge < -0.3 is 0 Å². The molecule has 0 spiro atoms. The number of benzene rings is 2. The summed E-state index contributed by atoms with van der Waals surface area (Å²) in [6.07, 6.45) is 1.49. The summed E-state index contributed by atoms with van der Waals surface area (Å²) in [6.45, 7) is 3.74. The van der Waals surface area contributed by atoms with Crippen LogP contribution in [0.2, 0.25) is 0 Å². The third-order valence-corrected chi connectivity index (χ3v) is 5.74. The largest absolute Gasteiger partial charge is 0.292 e. The van der Waals surface area contributed by atoms with Crippen LogP contribution in [0.3, 0.4) is 0 Å². The zero-order chi connectivity index (χ0) is 19.0. The summed E-state index contributed by atoms with van der Waals surface area (Å²) >= 11 is 1.50. The second-order valence-electron chi connectivity index (χ2n) is 6.44. The third-order valence-electron chi connectivity index (χ3n) is 4.73. The van der Waals surface area contributed by atoms with Crippen LogP contribution in [0.5, 0.6) is 0 Å². The van der Waals surface area contributed by atoms with Crippen molar-refractivity contribution in [2.45, 2.75) is 19.9 Å². The molecule has 0 aliphatic heterocycles. The summed E-state index contributed by atoms with van der Waals surface area (Å²) in [5.74, 6) is -0.105. The summed E-state index contributed by atoms with van der Waals surface area (Å²) in [5, 5.41) is 0.582. The van der Waals surface area contributed by atoms with Crippen molar-refractivity contribution < 1.29 is 4.79 Å². The standard InChI is InChI=1S/C22H18N2O2S/c1-14(20(25)17-11-7-4-8-12-17)24-13-23-21-19(22(24)26)18(15(2)27-21)16-9-5-3-6-10-16/h3-14H,1-2H3. The minimum absolute atomic E-state index is 0.105. The molecule has 1 atom stereocenters. The van der Waals surface area contributed by atoms with Crippen LogP contribution >= 0.6 is 11.3 Å². The van der Waals surface area contributed by atoms with Crippen LogP contribution < -0.4 is 5.56 Å². The molecule has 0 fully saturated rings. The molecule has 5 heteroatoms. The maximum atomic E-state index is 13.3. The molecular weight excluding hydrogens is 356 g/mol. The highest BCUT2D eigenvalue weighted by Crippen LogP contribution is 2.35. The van der Waals surface area contributed by atoms with Crippen molar-refractivity contribution in [3.05, 3.63) is 87.8 Å². The Morgan fingerprint density at radius 3 is 2.33 bits per heavy atom. The van der Waals surface area contributed by atoms with Crippen LogP contribution in [-0.4, -0.2) is 15.3 Å². The summed E-state index contributed by atoms with van der Waals surface area (Å²) in [5.41, 5.74) is 2.29. The van der Waals surface area contributed by atoms with Gasteiger partial charge in [-0.25, -0.2) is 4.98 Å². The lowest BCUT2D eigenvalue weighted by Crippen LogP contribution is -2.28. The van der Waals surface area contributed by atoms with Crippen molar-refractivity contribution in [2.24, 2.45) is 0 Å². The van der Waals surface area contributed by atoms with E-state index in [0.29, 0.717) is 15.8 Å². The van der Waals surface area contributed by atoms with E-state index in [9.17, 15) is 9.59 Å². The Bertz CT molecular complexity index is 1180. The van der Waals surface area contributed by atoms with Crippen LogP contribution in [0.25, 0.3) is 21.3 Å². The topological polar surface area (TPSA) is 52.0 Å². The molecule has 134 valence electrons. The molecule has 0 saturated heterocycles. The number of rotatable bonds is 4. The molecular formula is C22H18N2O2S. The van der Waals surface area contributed by atoms with Gasteiger partial charge in [0, 0.05) is 16.0 Å². The SMILES string of the molecule is Cc1sc2ncn(C(C)C(=O)c3ccccc3)c(=O)c2c1-c1ccccc1. The van der Waals surface area contributed by atoms with Gasteiger partial charge in [0.25, 0.3) is 5.56 Å². The van der Waals surface area contributed by atoms with Gasteiger partial charge in [-0.1, -0.05) is 60.7 Å². The van der Waals surface area contributed by atoms with E-state index in [1.54, 1.807) is 19.1 Å². The molecule has 2 aromatic carbocycles. The zero-order valence-electron chi connectivity index (χ0n) is 15.0. The van der Waals surface area contributed by atoms with Crippen LogP contribution in [0.4, 0.5) is 0 Å². The van der Waals surface area contributed by atoms with Crippen molar-refractivity contribution in [3.8, 4) is 11.1 Å². The lowest BCUT2D eigenvalue weighted by atomic mass is 10.0. The second-order valence-corrected chi connectivity index (χ2v) is 7.65. The maximum Gasteiger partial charge on any atom is 0.263 e. The number of fused-ring (bicyclic) bond motifs is 1. The van der Waals surface area contributed by atoms with Crippen molar-refractivity contribution in [3.63, 3.8) is 0 Å². The average molecular weight is 374 g/mol. The van der Waals surface area contributed by atoms with E-state index in [-0.39, 0.29) is 11.3 Å². The molecule has 27 heavy (non-hydrogen) atoms. The number of nitrogens with zero attached hydrogens (tertiary/aromatic N) is 2. The number of thiophene rings is 1. The van der Waals surface area contributed by atoms with Gasteiger partial charge in [-0.2, -0.15) is 0 Å². The molecule has 0 aliphatic rings. The molecule has 2 heterocycles. The number of aryl methyl sites for hydroxylation is 1. The predicted molar refractivity (Wildman–Crippen MR) is 110 cm³/mol. The second kappa shape index (κ2) is 6.93. The highest BCUT2D eigenvalue weighted by molar-refractivity contribution is 7.19. The third kappa shape index (κ3) is 3.00. The minimum Gasteiger partial charge on any atom is -0.292 e. The molecule has 0 N–H and O–H groups in total. The molecule has 1 unspecified atom stereocenters. The number of carbonyl (C=O) groups is 1. The van der Waals surface area contributed by atoms with Gasteiger partial charge in [0.15, 0.2) is 5.78 Å². The van der Waals surface area contributed by atoms with E-state index in [2.05, 4.69) is 4.98 Å². The Morgan fingerprint density at radius 1 is 1.04 bits per heavy atom. The first kappa shape index (κ1) is 17.4. The Morgan fingerprint density at radius 2 is 1.67 bits per heavy atom. The Balaban J connectivity index is 1.88. The van der Waals surface area contributed by atoms with Crippen molar-refractivity contribution >= 4 is 27.3 Å². The molecule has 0 bridgehead atoms. The molecule has 4 nitrogen and oxygen atoms in total. The highest BCUT2D eigenvalue weighted by Gasteiger charge is 2.22. The zero-order valence-corrected chi connectivity index (χ0v) is 15.9.